The molecule has 0 saturated carbocycles. The average molecular weight is 237 g/mol. The highest BCUT2D eigenvalue weighted by atomic mass is 16.6. The molecule has 0 unspecified atom stereocenters. The SMILES string of the molecule is Cc1cccc(N)c1OCC(=O)OC(C)(C)C. The van der Waals surface area contributed by atoms with E-state index in [9.17, 15) is 4.79 Å². The second-order valence-corrected chi connectivity index (χ2v) is 4.87. The number of aryl methyl sites for hydroxylation is 1. The topological polar surface area (TPSA) is 61.5 Å². The van der Waals surface area contributed by atoms with Crippen LogP contribution in [0.3, 0.4) is 0 Å². The first kappa shape index (κ1) is 13.4. The molecule has 0 aliphatic heterocycles. The number of carbonyl (C=O) groups is 1. The largest absolute Gasteiger partial charge is 0.479 e. The molecule has 4 heteroatoms. The third-order valence-electron chi connectivity index (χ3n) is 2.00. The van der Waals surface area contributed by atoms with Gasteiger partial charge in [0, 0.05) is 0 Å². The fourth-order valence-electron chi connectivity index (χ4n) is 1.37. The summed E-state index contributed by atoms with van der Waals surface area (Å²) < 4.78 is 10.5. The van der Waals surface area contributed by atoms with Gasteiger partial charge < -0.3 is 15.2 Å². The molecule has 0 atom stereocenters. The van der Waals surface area contributed by atoms with Gasteiger partial charge in [-0.15, -0.1) is 0 Å². The van der Waals surface area contributed by atoms with Crippen LogP contribution in [0.5, 0.6) is 5.75 Å². The molecule has 1 rings (SSSR count). The smallest absolute Gasteiger partial charge is 0.344 e. The molecule has 0 saturated heterocycles. The molecule has 0 aliphatic rings. The van der Waals surface area contributed by atoms with Crippen LogP contribution in [0.25, 0.3) is 0 Å². The summed E-state index contributed by atoms with van der Waals surface area (Å²) in [5, 5.41) is 0. The molecule has 1 aromatic rings. The summed E-state index contributed by atoms with van der Waals surface area (Å²) in [6.45, 7) is 7.18. The molecular formula is C13H19NO3. The number of nitrogen functional groups attached to an aromatic ring is 1. The van der Waals surface area contributed by atoms with Gasteiger partial charge in [0.1, 0.15) is 11.4 Å². The van der Waals surface area contributed by atoms with Crippen molar-refractivity contribution in [2.75, 3.05) is 12.3 Å². The third kappa shape index (κ3) is 4.34. The predicted octanol–water partition coefficient (Wildman–Crippen LogP) is 2.30. The molecule has 0 aromatic heterocycles. The van der Waals surface area contributed by atoms with Crippen molar-refractivity contribution in [2.24, 2.45) is 0 Å². The second kappa shape index (κ2) is 5.08. The number of ether oxygens (including phenoxy) is 2. The lowest BCUT2D eigenvalue weighted by Gasteiger charge is -2.20. The van der Waals surface area contributed by atoms with Crippen LogP contribution in [0, 0.1) is 6.92 Å². The van der Waals surface area contributed by atoms with Crippen molar-refractivity contribution in [1.29, 1.82) is 0 Å². The van der Waals surface area contributed by atoms with Gasteiger partial charge in [0.15, 0.2) is 6.61 Å². The zero-order valence-corrected chi connectivity index (χ0v) is 10.7. The molecule has 0 heterocycles. The Kier molecular flexibility index (Phi) is 3.99. The van der Waals surface area contributed by atoms with E-state index in [1.807, 2.05) is 39.8 Å². The number of benzene rings is 1. The molecular weight excluding hydrogens is 218 g/mol. The van der Waals surface area contributed by atoms with Crippen molar-refractivity contribution in [1.82, 2.24) is 0 Å². The van der Waals surface area contributed by atoms with Gasteiger partial charge in [0.25, 0.3) is 0 Å². The Morgan fingerprint density at radius 2 is 2.00 bits per heavy atom. The molecule has 0 bridgehead atoms. The average Bonchev–Trinajstić information content (AvgIpc) is 2.14. The van der Waals surface area contributed by atoms with Crippen LogP contribution in [-0.2, 0) is 9.53 Å². The number of para-hydroxylation sites is 1. The van der Waals surface area contributed by atoms with Crippen LogP contribution in [0.2, 0.25) is 0 Å². The first-order chi connectivity index (χ1) is 7.79. The Morgan fingerprint density at radius 3 is 2.53 bits per heavy atom. The molecule has 17 heavy (non-hydrogen) atoms. The summed E-state index contributed by atoms with van der Waals surface area (Å²) in [4.78, 5) is 11.5. The Bertz CT molecular complexity index is 387. The Morgan fingerprint density at radius 1 is 1.35 bits per heavy atom. The highest BCUT2D eigenvalue weighted by molar-refractivity contribution is 5.72. The van der Waals surface area contributed by atoms with Crippen LogP contribution in [0.1, 0.15) is 26.3 Å². The van der Waals surface area contributed by atoms with Gasteiger partial charge in [-0.05, 0) is 39.3 Å². The van der Waals surface area contributed by atoms with Crippen molar-refractivity contribution in [2.45, 2.75) is 33.3 Å². The molecule has 0 spiro atoms. The number of anilines is 1. The quantitative estimate of drug-likeness (QED) is 0.647. The summed E-state index contributed by atoms with van der Waals surface area (Å²) in [7, 11) is 0. The molecule has 0 amide bonds. The monoisotopic (exact) mass is 237 g/mol. The van der Waals surface area contributed by atoms with Crippen LogP contribution in [-0.4, -0.2) is 18.2 Å². The van der Waals surface area contributed by atoms with Gasteiger partial charge in [-0.1, -0.05) is 12.1 Å². The second-order valence-electron chi connectivity index (χ2n) is 4.87. The van der Waals surface area contributed by atoms with Crippen LogP contribution in [0.15, 0.2) is 18.2 Å². The lowest BCUT2D eigenvalue weighted by atomic mass is 10.2. The van der Waals surface area contributed by atoms with Crippen LogP contribution in [0.4, 0.5) is 5.69 Å². The van der Waals surface area contributed by atoms with Crippen molar-refractivity contribution in [3.8, 4) is 5.75 Å². The summed E-state index contributed by atoms with van der Waals surface area (Å²) in [6, 6.07) is 5.45. The van der Waals surface area contributed by atoms with Gasteiger partial charge in [-0.3, -0.25) is 0 Å². The standard InChI is InChI=1S/C13H19NO3/c1-9-6-5-7-10(14)12(9)16-8-11(15)17-13(2,3)4/h5-7H,8,14H2,1-4H3. The number of hydrogen-bond acceptors (Lipinski definition) is 4. The maximum atomic E-state index is 11.5. The highest BCUT2D eigenvalue weighted by Gasteiger charge is 2.17. The lowest BCUT2D eigenvalue weighted by Crippen LogP contribution is -2.27. The molecule has 1 aromatic carbocycles. The molecule has 2 N–H and O–H groups in total. The molecule has 94 valence electrons. The summed E-state index contributed by atoms with van der Waals surface area (Å²) in [5.74, 6) is 0.138. The fraction of sp³-hybridized carbons (Fsp3) is 0.462. The van der Waals surface area contributed by atoms with Crippen molar-refractivity contribution in [3.05, 3.63) is 23.8 Å². The Labute approximate surface area is 102 Å². The van der Waals surface area contributed by atoms with Gasteiger partial charge in [0.05, 0.1) is 5.69 Å². The zero-order valence-electron chi connectivity index (χ0n) is 10.7. The minimum Gasteiger partial charge on any atom is -0.479 e. The Balaban J connectivity index is 2.59. The first-order valence-electron chi connectivity index (χ1n) is 5.49. The molecule has 4 nitrogen and oxygen atoms in total. The third-order valence-corrected chi connectivity index (χ3v) is 2.00. The van der Waals surface area contributed by atoms with Gasteiger partial charge in [0.2, 0.25) is 0 Å². The van der Waals surface area contributed by atoms with Crippen molar-refractivity contribution >= 4 is 11.7 Å². The van der Waals surface area contributed by atoms with Gasteiger partial charge in [-0.25, -0.2) is 4.79 Å². The van der Waals surface area contributed by atoms with Crippen LogP contribution >= 0.6 is 0 Å². The highest BCUT2D eigenvalue weighted by Crippen LogP contribution is 2.25. The summed E-state index contributed by atoms with van der Waals surface area (Å²) in [5.41, 5.74) is 6.67. The van der Waals surface area contributed by atoms with E-state index < -0.39 is 11.6 Å². The molecule has 0 aliphatic carbocycles. The van der Waals surface area contributed by atoms with E-state index in [1.165, 1.54) is 0 Å². The van der Waals surface area contributed by atoms with E-state index in [0.29, 0.717) is 11.4 Å². The fourth-order valence-corrected chi connectivity index (χ4v) is 1.37. The van der Waals surface area contributed by atoms with Crippen molar-refractivity contribution < 1.29 is 14.3 Å². The molecule has 0 fully saturated rings. The number of carbonyl (C=O) groups excluding carboxylic acids is 1. The maximum absolute atomic E-state index is 11.5. The van der Waals surface area contributed by atoms with E-state index in [4.69, 9.17) is 15.2 Å². The number of hydrogen-bond donors (Lipinski definition) is 1. The van der Waals surface area contributed by atoms with E-state index in [0.717, 1.165) is 5.56 Å². The minimum absolute atomic E-state index is 0.133. The van der Waals surface area contributed by atoms with Gasteiger partial charge >= 0.3 is 5.97 Å². The van der Waals surface area contributed by atoms with E-state index in [2.05, 4.69) is 0 Å². The lowest BCUT2D eigenvalue weighted by molar-refractivity contribution is -0.157. The van der Waals surface area contributed by atoms with Gasteiger partial charge in [-0.2, -0.15) is 0 Å². The summed E-state index contributed by atoms with van der Waals surface area (Å²) in [6.07, 6.45) is 0. The summed E-state index contributed by atoms with van der Waals surface area (Å²) >= 11 is 0. The number of nitrogens with two attached hydrogens (primary N) is 1. The normalized spacial score (nSPS) is 11.1. The maximum Gasteiger partial charge on any atom is 0.344 e. The first-order valence-corrected chi connectivity index (χ1v) is 5.49. The molecule has 0 radical (unpaired) electrons. The van der Waals surface area contributed by atoms with E-state index in [-0.39, 0.29) is 6.61 Å². The van der Waals surface area contributed by atoms with Crippen LogP contribution < -0.4 is 10.5 Å². The van der Waals surface area contributed by atoms with E-state index in [1.54, 1.807) is 6.07 Å². The van der Waals surface area contributed by atoms with Crippen molar-refractivity contribution in [3.63, 3.8) is 0 Å². The minimum atomic E-state index is -0.502. The Hall–Kier alpha value is -1.71. The zero-order chi connectivity index (χ0) is 13.1. The van der Waals surface area contributed by atoms with E-state index >= 15 is 0 Å². The number of esters is 1. The predicted molar refractivity (Wildman–Crippen MR) is 66.9 cm³/mol. The number of rotatable bonds is 3.